The molecule has 54 heavy (non-hydrogen) atoms. The average Bonchev–Trinajstić information content (AvgIpc) is 3.22. The number of allylic oxidation sites excluding steroid dienone is 2. The Morgan fingerprint density at radius 1 is 0.907 bits per heavy atom. The van der Waals surface area contributed by atoms with E-state index in [-0.39, 0.29) is 24.7 Å². The van der Waals surface area contributed by atoms with Gasteiger partial charge >= 0.3 is 35.8 Å². The molecule has 1 aromatic carbocycles. The van der Waals surface area contributed by atoms with Crippen molar-refractivity contribution < 1.29 is 66.7 Å². The van der Waals surface area contributed by atoms with E-state index in [1.165, 1.54) is 0 Å². The quantitative estimate of drug-likeness (QED) is 0.146. The zero-order valence-corrected chi connectivity index (χ0v) is 32.5. The molecule has 14 heteroatoms. The Balaban J connectivity index is 1.98. The summed E-state index contributed by atoms with van der Waals surface area (Å²) in [5.74, 6) is -9.15. The average molecular weight is 757 g/mol. The summed E-state index contributed by atoms with van der Waals surface area (Å²) in [7, 11) is 2.84. The first-order chi connectivity index (χ1) is 25.5. The third kappa shape index (κ3) is 8.09. The van der Waals surface area contributed by atoms with Gasteiger partial charge in [-0.25, -0.2) is 19.2 Å². The fourth-order valence-electron chi connectivity index (χ4n) is 7.84. The first kappa shape index (κ1) is 42.2. The summed E-state index contributed by atoms with van der Waals surface area (Å²) >= 11 is 0. The van der Waals surface area contributed by atoms with Crippen LogP contribution in [0.15, 0.2) is 42.0 Å². The third-order valence-electron chi connectivity index (χ3n) is 10.3. The Hall–Kier alpha value is -4.56. The van der Waals surface area contributed by atoms with Gasteiger partial charge < -0.3 is 37.9 Å². The van der Waals surface area contributed by atoms with E-state index in [4.69, 9.17) is 37.9 Å². The van der Waals surface area contributed by atoms with Gasteiger partial charge in [-0.3, -0.25) is 9.59 Å². The molecule has 2 heterocycles. The summed E-state index contributed by atoms with van der Waals surface area (Å²) in [6.07, 6.45) is 1.63. The summed E-state index contributed by atoms with van der Waals surface area (Å²) in [5.41, 5.74) is -3.17. The molecule has 1 aliphatic carbocycles. The lowest BCUT2D eigenvalue weighted by Crippen LogP contribution is -2.79. The number of hydrogen-bond acceptors (Lipinski definition) is 14. The smallest absolute Gasteiger partial charge is 0.357 e. The highest BCUT2D eigenvalue weighted by Crippen LogP contribution is 2.59. The minimum absolute atomic E-state index is 0.0700. The first-order valence-corrected chi connectivity index (χ1v) is 18.2. The van der Waals surface area contributed by atoms with Crippen LogP contribution in [0.5, 0.6) is 0 Å². The lowest BCUT2D eigenvalue weighted by Gasteiger charge is -2.51. The minimum Gasteiger partial charge on any atom is -0.467 e. The van der Waals surface area contributed by atoms with Gasteiger partial charge in [0.1, 0.15) is 0 Å². The van der Waals surface area contributed by atoms with Gasteiger partial charge in [0, 0.05) is 26.3 Å². The topological polar surface area (TPSA) is 176 Å². The van der Waals surface area contributed by atoms with Crippen molar-refractivity contribution in [2.75, 3.05) is 21.3 Å². The Morgan fingerprint density at radius 3 is 2.20 bits per heavy atom. The van der Waals surface area contributed by atoms with Crippen LogP contribution in [0.3, 0.4) is 0 Å². The second-order valence-corrected chi connectivity index (χ2v) is 14.5. The standard InChI is InChI=1S/C40H52O14/c1-10-23(2)19-24(3)15-16-31(43)51-33-32(50-26(5)41)38(18-17-28-20-25(4)21-29-13-11-12-14-30(29)22-28)53-34(35(44)47-7)39(36(45)48-8,52-27(6)42)40(33,54-38)37(46)49-9/h11-16,22-25,32-34H,10,17-21H2,1-9H3/b16-15+/t23-,24+,25-,32+,33+,34+,38-,39+,40-/m0/s1. The lowest BCUT2D eigenvalue weighted by molar-refractivity contribution is -0.375. The van der Waals surface area contributed by atoms with Gasteiger partial charge in [-0.2, -0.15) is 0 Å². The van der Waals surface area contributed by atoms with Crippen LogP contribution in [0.1, 0.15) is 84.8 Å². The minimum atomic E-state index is -3.19. The molecule has 2 fully saturated rings. The molecule has 2 bridgehead atoms. The molecule has 0 aromatic heterocycles. The van der Waals surface area contributed by atoms with E-state index < -0.39 is 71.1 Å². The normalized spacial score (nSPS) is 29.8. The van der Waals surface area contributed by atoms with E-state index in [9.17, 15) is 28.8 Å². The van der Waals surface area contributed by atoms with Crippen LogP contribution in [-0.2, 0) is 73.1 Å². The molecule has 3 aliphatic rings. The predicted octanol–water partition coefficient (Wildman–Crippen LogP) is 4.59. The molecule has 0 radical (unpaired) electrons. The largest absolute Gasteiger partial charge is 0.467 e. The summed E-state index contributed by atoms with van der Waals surface area (Å²) < 4.78 is 45.6. The number of benzene rings is 1. The molecule has 0 saturated carbocycles. The van der Waals surface area contributed by atoms with Crippen molar-refractivity contribution in [1.82, 2.24) is 0 Å². The van der Waals surface area contributed by atoms with E-state index in [2.05, 4.69) is 26.8 Å². The number of ether oxygens (including phenoxy) is 8. The van der Waals surface area contributed by atoms with Crippen molar-refractivity contribution >= 4 is 41.9 Å². The number of carbonyl (C=O) groups excluding carboxylic acids is 6. The Morgan fingerprint density at radius 2 is 1.59 bits per heavy atom. The number of methoxy groups -OCH3 is 3. The van der Waals surface area contributed by atoms with Crippen molar-refractivity contribution in [3.05, 3.63) is 53.1 Å². The van der Waals surface area contributed by atoms with Crippen molar-refractivity contribution in [2.24, 2.45) is 17.8 Å². The number of carbonyl (C=O) groups is 6. The van der Waals surface area contributed by atoms with Crippen molar-refractivity contribution in [3.63, 3.8) is 0 Å². The summed E-state index contributed by atoms with van der Waals surface area (Å²) in [5, 5.41) is 0. The van der Waals surface area contributed by atoms with Crippen LogP contribution >= 0.6 is 0 Å². The number of rotatable bonds is 14. The maximum absolute atomic E-state index is 14.4. The number of fused-ring (bicyclic) bond motifs is 3. The van der Waals surface area contributed by atoms with Gasteiger partial charge in [0.05, 0.1) is 21.3 Å². The van der Waals surface area contributed by atoms with Crippen LogP contribution < -0.4 is 0 Å². The van der Waals surface area contributed by atoms with Gasteiger partial charge in [0.2, 0.25) is 11.9 Å². The molecular weight excluding hydrogens is 704 g/mol. The van der Waals surface area contributed by atoms with Gasteiger partial charge in [-0.05, 0) is 54.6 Å². The fraction of sp³-hybridized carbons (Fsp3) is 0.600. The molecule has 2 saturated heterocycles. The van der Waals surface area contributed by atoms with Gasteiger partial charge in [0.25, 0.3) is 11.2 Å². The van der Waals surface area contributed by atoms with Gasteiger partial charge in [0.15, 0.2) is 12.2 Å². The first-order valence-electron chi connectivity index (χ1n) is 18.2. The van der Waals surface area contributed by atoms with Crippen LogP contribution in [0.25, 0.3) is 6.08 Å². The van der Waals surface area contributed by atoms with E-state index >= 15 is 0 Å². The van der Waals surface area contributed by atoms with Crippen molar-refractivity contribution in [3.8, 4) is 0 Å². The van der Waals surface area contributed by atoms with Crippen LogP contribution in [0, 0.1) is 17.8 Å². The molecule has 2 aliphatic heterocycles. The highest BCUT2D eigenvalue weighted by Gasteiger charge is 2.89. The summed E-state index contributed by atoms with van der Waals surface area (Å²) in [4.78, 5) is 81.9. The zero-order valence-electron chi connectivity index (χ0n) is 32.5. The highest BCUT2D eigenvalue weighted by molar-refractivity contribution is 6.01. The van der Waals surface area contributed by atoms with Crippen LogP contribution in [0.2, 0.25) is 0 Å². The molecule has 0 amide bonds. The Labute approximate surface area is 315 Å². The van der Waals surface area contributed by atoms with Crippen molar-refractivity contribution in [2.45, 2.75) is 115 Å². The second-order valence-electron chi connectivity index (χ2n) is 14.5. The second kappa shape index (κ2) is 17.3. The van der Waals surface area contributed by atoms with Crippen LogP contribution in [0.4, 0.5) is 0 Å². The SMILES string of the molecule is CC[C@H](C)C[C@H](C)/C=C/C(=O)O[C@@H]1[C@@H](OC(C)=O)[C@@]2(CCC3=Cc4ccccc4C[C@@H](C)C3)O[C@H](C(=O)OC)[C@@](OC(C)=O)(C(=O)OC)[C@]1(C(=O)OC)O2. The molecule has 0 N–H and O–H groups in total. The van der Waals surface area contributed by atoms with Gasteiger partial charge in [-0.1, -0.05) is 76.1 Å². The van der Waals surface area contributed by atoms with E-state index in [1.54, 1.807) is 6.08 Å². The molecule has 4 rings (SSSR count). The van der Waals surface area contributed by atoms with Crippen molar-refractivity contribution in [1.29, 1.82) is 0 Å². The number of esters is 6. The molecular formula is C40H52O14. The predicted molar refractivity (Wildman–Crippen MR) is 191 cm³/mol. The molecule has 1 aromatic rings. The van der Waals surface area contributed by atoms with Crippen LogP contribution in [-0.4, -0.2) is 92.4 Å². The van der Waals surface area contributed by atoms with Gasteiger partial charge in [-0.15, -0.1) is 0 Å². The zero-order chi connectivity index (χ0) is 40.0. The highest BCUT2D eigenvalue weighted by atomic mass is 16.8. The molecule has 0 unspecified atom stereocenters. The monoisotopic (exact) mass is 756 g/mol. The van der Waals surface area contributed by atoms with E-state index in [0.29, 0.717) is 12.3 Å². The van der Waals surface area contributed by atoms with E-state index in [1.807, 2.05) is 31.2 Å². The molecule has 296 valence electrons. The summed E-state index contributed by atoms with van der Waals surface area (Å²) in [6.45, 7) is 10.1. The Kier molecular flexibility index (Phi) is 13.5. The third-order valence-corrected chi connectivity index (χ3v) is 10.3. The molecule has 9 atom stereocenters. The maximum atomic E-state index is 14.4. The fourth-order valence-corrected chi connectivity index (χ4v) is 7.84. The molecule has 0 spiro atoms. The number of hydrogen-bond donors (Lipinski definition) is 0. The lowest BCUT2D eigenvalue weighted by atomic mass is 9.73. The maximum Gasteiger partial charge on any atom is 0.357 e. The van der Waals surface area contributed by atoms with E-state index in [0.717, 1.165) is 77.2 Å². The molecule has 14 nitrogen and oxygen atoms in total. The summed E-state index contributed by atoms with van der Waals surface area (Å²) in [6, 6.07) is 7.93. The Bertz CT molecular complexity index is 1660.